The minimum absolute atomic E-state index is 0.0379. The molecule has 2 amide bonds. The second kappa shape index (κ2) is 8.21. The largest absolute Gasteiger partial charge is 0.372 e. The lowest BCUT2D eigenvalue weighted by Crippen LogP contribution is -2.51. The number of benzene rings is 1. The average Bonchev–Trinajstić information content (AvgIpc) is 2.62. The number of amides is 2. The maximum Gasteiger partial charge on any atom is 0.226 e. The fraction of sp³-hybridized carbons (Fsp3) is 0.619. The van der Waals surface area contributed by atoms with Crippen molar-refractivity contribution in [2.45, 2.75) is 52.2 Å². The fourth-order valence-electron chi connectivity index (χ4n) is 3.98. The Balaban J connectivity index is 1.49. The first-order chi connectivity index (χ1) is 12.4. The highest BCUT2D eigenvalue weighted by Crippen LogP contribution is 2.23. The zero-order valence-corrected chi connectivity index (χ0v) is 16.1. The zero-order valence-electron chi connectivity index (χ0n) is 16.1. The highest BCUT2D eigenvalue weighted by Gasteiger charge is 2.33. The molecule has 2 aliphatic heterocycles. The van der Waals surface area contributed by atoms with Crippen LogP contribution in [0.2, 0.25) is 0 Å². The number of piperidine rings is 1. The second-order valence-electron chi connectivity index (χ2n) is 7.82. The van der Waals surface area contributed by atoms with Crippen LogP contribution in [0, 0.1) is 12.8 Å². The van der Waals surface area contributed by atoms with E-state index in [4.69, 9.17) is 4.74 Å². The van der Waals surface area contributed by atoms with E-state index < -0.39 is 0 Å². The number of hydrogen-bond donors (Lipinski definition) is 0. The van der Waals surface area contributed by atoms with Crippen molar-refractivity contribution in [3.05, 3.63) is 35.4 Å². The molecule has 2 aliphatic rings. The molecule has 2 fully saturated rings. The molecule has 0 N–H and O–H groups in total. The second-order valence-corrected chi connectivity index (χ2v) is 7.82. The van der Waals surface area contributed by atoms with Crippen LogP contribution in [0.25, 0.3) is 0 Å². The maximum atomic E-state index is 12.8. The van der Waals surface area contributed by atoms with E-state index in [2.05, 4.69) is 0 Å². The average molecular weight is 358 g/mol. The molecule has 0 unspecified atom stereocenters. The summed E-state index contributed by atoms with van der Waals surface area (Å²) in [6.45, 7) is 8.78. The Morgan fingerprint density at radius 1 is 1.00 bits per heavy atom. The van der Waals surface area contributed by atoms with Gasteiger partial charge in [-0.2, -0.15) is 0 Å². The Bertz CT molecular complexity index is 625. The molecule has 0 aliphatic carbocycles. The van der Waals surface area contributed by atoms with Crippen LogP contribution in [0.5, 0.6) is 0 Å². The van der Waals surface area contributed by atoms with Gasteiger partial charge in [-0.25, -0.2) is 0 Å². The van der Waals surface area contributed by atoms with Crippen molar-refractivity contribution in [1.82, 2.24) is 9.80 Å². The fourth-order valence-corrected chi connectivity index (χ4v) is 3.98. The summed E-state index contributed by atoms with van der Waals surface area (Å²) >= 11 is 0. The van der Waals surface area contributed by atoms with E-state index in [1.165, 1.54) is 5.56 Å². The predicted molar refractivity (Wildman–Crippen MR) is 101 cm³/mol. The van der Waals surface area contributed by atoms with Gasteiger partial charge in [0.2, 0.25) is 11.8 Å². The van der Waals surface area contributed by atoms with Gasteiger partial charge in [0, 0.05) is 32.1 Å². The smallest absolute Gasteiger partial charge is 0.226 e. The zero-order chi connectivity index (χ0) is 18.7. The third-order valence-electron chi connectivity index (χ3n) is 5.40. The summed E-state index contributed by atoms with van der Waals surface area (Å²) in [5, 5.41) is 0. The molecule has 2 heterocycles. The van der Waals surface area contributed by atoms with Gasteiger partial charge in [-0.15, -0.1) is 0 Å². The number of hydrogen-bond acceptors (Lipinski definition) is 3. The van der Waals surface area contributed by atoms with Crippen molar-refractivity contribution < 1.29 is 14.3 Å². The Morgan fingerprint density at radius 2 is 1.58 bits per heavy atom. The highest BCUT2D eigenvalue weighted by molar-refractivity contribution is 5.81. The number of morpholine rings is 1. The summed E-state index contributed by atoms with van der Waals surface area (Å²) in [5.41, 5.74) is 2.25. The molecule has 5 nitrogen and oxygen atoms in total. The molecular formula is C21H30N2O3. The number of carbonyl (C=O) groups excluding carboxylic acids is 2. The molecular weight excluding hydrogens is 328 g/mol. The lowest BCUT2D eigenvalue weighted by atomic mass is 9.94. The van der Waals surface area contributed by atoms with E-state index in [9.17, 15) is 9.59 Å². The quantitative estimate of drug-likeness (QED) is 0.834. The SMILES string of the molecule is Cc1ccc(CC(=O)N2CCC(C(=O)N3C[C@@H](C)O[C@H](C)C3)CC2)cc1. The number of rotatable bonds is 3. The normalized spacial score (nSPS) is 24.6. The molecule has 5 heteroatoms. The Labute approximate surface area is 156 Å². The molecule has 2 saturated heterocycles. The molecule has 2 atom stereocenters. The summed E-state index contributed by atoms with van der Waals surface area (Å²) < 4.78 is 5.72. The molecule has 0 saturated carbocycles. The van der Waals surface area contributed by atoms with Crippen LogP contribution in [0.1, 0.15) is 37.8 Å². The monoisotopic (exact) mass is 358 g/mol. The molecule has 0 spiro atoms. The summed E-state index contributed by atoms with van der Waals surface area (Å²) in [6.07, 6.45) is 2.16. The van der Waals surface area contributed by atoms with Crippen molar-refractivity contribution in [3.8, 4) is 0 Å². The minimum atomic E-state index is 0.0379. The van der Waals surface area contributed by atoms with E-state index in [1.54, 1.807) is 0 Å². The third-order valence-corrected chi connectivity index (χ3v) is 5.40. The van der Waals surface area contributed by atoms with E-state index >= 15 is 0 Å². The van der Waals surface area contributed by atoms with Gasteiger partial charge in [-0.05, 0) is 39.2 Å². The predicted octanol–water partition coefficient (Wildman–Crippen LogP) is 2.41. The Kier molecular flexibility index (Phi) is 5.97. The van der Waals surface area contributed by atoms with Gasteiger partial charge >= 0.3 is 0 Å². The van der Waals surface area contributed by atoms with Gasteiger partial charge in [0.05, 0.1) is 18.6 Å². The number of ether oxygens (including phenoxy) is 1. The standard InChI is InChI=1S/C21H30N2O3/c1-15-4-6-18(7-5-15)12-20(24)22-10-8-19(9-11-22)21(25)23-13-16(2)26-17(3)14-23/h4-7,16-17,19H,8-14H2,1-3H3/t16-,17-/m1/s1. The highest BCUT2D eigenvalue weighted by atomic mass is 16.5. The van der Waals surface area contributed by atoms with Gasteiger partial charge in [-0.3, -0.25) is 9.59 Å². The first-order valence-corrected chi connectivity index (χ1v) is 9.70. The van der Waals surface area contributed by atoms with Gasteiger partial charge in [-0.1, -0.05) is 29.8 Å². The van der Waals surface area contributed by atoms with Gasteiger partial charge in [0.1, 0.15) is 0 Å². The summed E-state index contributed by atoms with van der Waals surface area (Å²) in [7, 11) is 0. The van der Waals surface area contributed by atoms with E-state index in [0.29, 0.717) is 32.6 Å². The van der Waals surface area contributed by atoms with Crippen LogP contribution in [-0.2, 0) is 20.7 Å². The van der Waals surface area contributed by atoms with Crippen LogP contribution >= 0.6 is 0 Å². The third kappa shape index (κ3) is 4.64. The van der Waals surface area contributed by atoms with E-state index in [0.717, 1.165) is 18.4 Å². The van der Waals surface area contributed by atoms with Crippen molar-refractivity contribution in [1.29, 1.82) is 0 Å². The molecule has 26 heavy (non-hydrogen) atoms. The molecule has 142 valence electrons. The van der Waals surface area contributed by atoms with E-state index in [1.807, 2.05) is 54.8 Å². The minimum Gasteiger partial charge on any atom is -0.372 e. The Hall–Kier alpha value is -1.88. The van der Waals surface area contributed by atoms with Crippen molar-refractivity contribution in [2.75, 3.05) is 26.2 Å². The lowest BCUT2D eigenvalue weighted by Gasteiger charge is -2.39. The van der Waals surface area contributed by atoms with Gasteiger partial charge in [0.15, 0.2) is 0 Å². The number of likely N-dealkylation sites (tertiary alicyclic amines) is 1. The van der Waals surface area contributed by atoms with Crippen LogP contribution < -0.4 is 0 Å². The van der Waals surface area contributed by atoms with Crippen LogP contribution in [-0.4, -0.2) is 60.0 Å². The molecule has 1 aromatic carbocycles. The molecule has 0 radical (unpaired) electrons. The van der Waals surface area contributed by atoms with Crippen LogP contribution in [0.15, 0.2) is 24.3 Å². The molecule has 3 rings (SSSR count). The topological polar surface area (TPSA) is 49.9 Å². The first-order valence-electron chi connectivity index (χ1n) is 9.70. The number of carbonyl (C=O) groups is 2. The molecule has 1 aromatic rings. The van der Waals surface area contributed by atoms with Crippen molar-refractivity contribution in [2.24, 2.45) is 5.92 Å². The van der Waals surface area contributed by atoms with Crippen LogP contribution in [0.4, 0.5) is 0 Å². The van der Waals surface area contributed by atoms with Gasteiger partial charge in [0.25, 0.3) is 0 Å². The number of aryl methyl sites for hydroxylation is 1. The van der Waals surface area contributed by atoms with Crippen molar-refractivity contribution in [3.63, 3.8) is 0 Å². The molecule has 0 aromatic heterocycles. The lowest BCUT2D eigenvalue weighted by molar-refractivity contribution is -0.150. The number of nitrogens with zero attached hydrogens (tertiary/aromatic N) is 2. The van der Waals surface area contributed by atoms with E-state index in [-0.39, 0.29) is 29.9 Å². The summed E-state index contributed by atoms with van der Waals surface area (Å²) in [4.78, 5) is 29.2. The summed E-state index contributed by atoms with van der Waals surface area (Å²) in [6, 6.07) is 8.12. The van der Waals surface area contributed by atoms with Crippen molar-refractivity contribution >= 4 is 11.8 Å². The first kappa shape index (κ1) is 18.9. The Morgan fingerprint density at radius 3 is 2.15 bits per heavy atom. The maximum absolute atomic E-state index is 12.8. The molecule has 0 bridgehead atoms. The van der Waals surface area contributed by atoms with Gasteiger partial charge < -0.3 is 14.5 Å². The van der Waals surface area contributed by atoms with Crippen LogP contribution in [0.3, 0.4) is 0 Å². The summed E-state index contributed by atoms with van der Waals surface area (Å²) in [5.74, 6) is 0.432.